The molecule has 3 heterocycles. The number of likely N-dealkylation sites (tertiary alicyclic amines) is 1. The predicted octanol–water partition coefficient (Wildman–Crippen LogP) is 0.546. The van der Waals surface area contributed by atoms with Gasteiger partial charge in [-0.05, 0) is 30.2 Å². The van der Waals surface area contributed by atoms with Gasteiger partial charge in [-0.1, -0.05) is 6.07 Å². The van der Waals surface area contributed by atoms with Crippen LogP contribution in [0.15, 0.2) is 17.5 Å². The fraction of sp³-hybridized carbons (Fsp3) is 0.562. The average molecular weight is 349 g/mol. The lowest BCUT2D eigenvalue weighted by Gasteiger charge is -2.24. The molecule has 0 bridgehead atoms. The van der Waals surface area contributed by atoms with Crippen molar-refractivity contribution in [1.82, 2.24) is 15.3 Å². The highest BCUT2D eigenvalue weighted by Crippen LogP contribution is 2.45. The molecule has 1 N–H and O–H groups in total. The van der Waals surface area contributed by atoms with E-state index in [9.17, 15) is 14.4 Å². The van der Waals surface area contributed by atoms with Crippen LogP contribution in [0, 0.1) is 11.8 Å². The number of rotatable bonds is 5. The highest BCUT2D eigenvalue weighted by Gasteiger charge is 2.59. The van der Waals surface area contributed by atoms with Crippen LogP contribution < -0.4 is 5.32 Å². The van der Waals surface area contributed by atoms with E-state index in [1.165, 1.54) is 23.4 Å². The van der Waals surface area contributed by atoms with E-state index in [0.29, 0.717) is 12.5 Å². The van der Waals surface area contributed by atoms with Crippen LogP contribution in [0.3, 0.4) is 0 Å². The summed E-state index contributed by atoms with van der Waals surface area (Å²) >= 11 is 1.50. The number of nitrogens with zero attached hydrogens (tertiary/aromatic N) is 2. The number of hydroxylamine groups is 2. The number of likely N-dealkylation sites (N-methyl/N-ethyl adjacent to an activating group) is 1. The van der Waals surface area contributed by atoms with Crippen LogP contribution in [0.5, 0.6) is 0 Å². The molecule has 3 unspecified atom stereocenters. The number of amides is 3. The SMILES string of the molecule is CN1C(=O)C2ON(CC(=O)NCC3CC3)C(c3cccs3)C2C1=O. The monoisotopic (exact) mass is 349 g/mol. The maximum absolute atomic E-state index is 12.5. The quantitative estimate of drug-likeness (QED) is 0.785. The fourth-order valence-corrected chi connectivity index (χ4v) is 4.17. The minimum Gasteiger partial charge on any atom is -0.355 e. The highest BCUT2D eigenvalue weighted by atomic mass is 32.1. The summed E-state index contributed by atoms with van der Waals surface area (Å²) in [5.74, 6) is -0.719. The molecule has 8 heteroatoms. The van der Waals surface area contributed by atoms with Gasteiger partial charge in [-0.15, -0.1) is 11.3 Å². The number of nitrogens with one attached hydrogen (secondary N) is 1. The lowest BCUT2D eigenvalue weighted by molar-refractivity contribution is -0.181. The van der Waals surface area contributed by atoms with Crippen molar-refractivity contribution in [2.75, 3.05) is 20.1 Å². The molecule has 2 saturated heterocycles. The van der Waals surface area contributed by atoms with Crippen molar-refractivity contribution >= 4 is 29.1 Å². The summed E-state index contributed by atoms with van der Waals surface area (Å²) in [6.45, 7) is 0.705. The first kappa shape index (κ1) is 15.7. The number of thiophene rings is 1. The van der Waals surface area contributed by atoms with Crippen molar-refractivity contribution in [2.45, 2.75) is 25.0 Å². The predicted molar refractivity (Wildman–Crippen MR) is 85.6 cm³/mol. The molecule has 128 valence electrons. The summed E-state index contributed by atoms with van der Waals surface area (Å²) < 4.78 is 0. The minimum atomic E-state index is -0.828. The summed E-state index contributed by atoms with van der Waals surface area (Å²) in [6.07, 6.45) is 1.50. The van der Waals surface area contributed by atoms with Crippen molar-refractivity contribution in [3.05, 3.63) is 22.4 Å². The third-order valence-electron chi connectivity index (χ3n) is 4.83. The summed E-state index contributed by atoms with van der Waals surface area (Å²) in [5, 5.41) is 6.32. The minimum absolute atomic E-state index is 0.0204. The molecule has 3 aliphatic rings. The Morgan fingerprint density at radius 1 is 1.38 bits per heavy atom. The molecule has 0 radical (unpaired) electrons. The maximum Gasteiger partial charge on any atom is 0.261 e. The van der Waals surface area contributed by atoms with Crippen LogP contribution in [-0.2, 0) is 19.2 Å². The molecule has 1 aromatic rings. The first-order chi connectivity index (χ1) is 11.6. The normalized spacial score (nSPS) is 30.0. The second-order valence-corrected chi connectivity index (χ2v) is 7.55. The van der Waals surface area contributed by atoms with E-state index >= 15 is 0 Å². The van der Waals surface area contributed by atoms with Crippen molar-refractivity contribution in [3.8, 4) is 0 Å². The summed E-state index contributed by atoms with van der Waals surface area (Å²) in [4.78, 5) is 44.7. The van der Waals surface area contributed by atoms with Crippen LogP contribution in [-0.4, -0.2) is 53.9 Å². The number of carbonyl (C=O) groups is 3. The lowest BCUT2D eigenvalue weighted by atomic mass is 9.95. The smallest absolute Gasteiger partial charge is 0.261 e. The number of hydrogen-bond donors (Lipinski definition) is 1. The molecule has 3 atom stereocenters. The Morgan fingerprint density at radius 3 is 2.83 bits per heavy atom. The fourth-order valence-electron chi connectivity index (χ4n) is 3.30. The third kappa shape index (κ3) is 2.64. The molecule has 24 heavy (non-hydrogen) atoms. The van der Waals surface area contributed by atoms with Gasteiger partial charge in [0.2, 0.25) is 11.8 Å². The molecule has 1 saturated carbocycles. The topological polar surface area (TPSA) is 79.0 Å². The van der Waals surface area contributed by atoms with Crippen molar-refractivity contribution < 1.29 is 19.2 Å². The van der Waals surface area contributed by atoms with Gasteiger partial charge in [0.1, 0.15) is 6.54 Å². The van der Waals surface area contributed by atoms with Gasteiger partial charge in [-0.25, -0.2) is 0 Å². The molecule has 3 amide bonds. The van der Waals surface area contributed by atoms with E-state index in [4.69, 9.17) is 4.84 Å². The maximum atomic E-state index is 12.5. The Morgan fingerprint density at radius 2 is 2.17 bits per heavy atom. The van der Waals surface area contributed by atoms with Gasteiger partial charge >= 0.3 is 0 Å². The Balaban J connectivity index is 1.53. The molecular weight excluding hydrogens is 330 g/mol. The van der Waals surface area contributed by atoms with Gasteiger partial charge in [-0.2, -0.15) is 5.06 Å². The van der Waals surface area contributed by atoms with Crippen LogP contribution in [0.4, 0.5) is 0 Å². The second kappa shape index (κ2) is 5.94. The summed E-state index contributed by atoms with van der Waals surface area (Å²) in [6, 6.07) is 3.40. The molecule has 4 rings (SSSR count). The van der Waals surface area contributed by atoms with Gasteiger partial charge in [0.15, 0.2) is 6.10 Å². The van der Waals surface area contributed by atoms with Crippen LogP contribution in [0.25, 0.3) is 0 Å². The molecule has 3 fully saturated rings. The van der Waals surface area contributed by atoms with Crippen LogP contribution in [0.1, 0.15) is 23.8 Å². The largest absolute Gasteiger partial charge is 0.355 e. The molecule has 1 aromatic heterocycles. The zero-order valence-corrected chi connectivity index (χ0v) is 14.1. The van der Waals surface area contributed by atoms with Gasteiger partial charge in [0, 0.05) is 18.5 Å². The van der Waals surface area contributed by atoms with Gasteiger partial charge < -0.3 is 5.32 Å². The first-order valence-corrected chi connectivity index (χ1v) is 8.99. The van der Waals surface area contributed by atoms with E-state index in [0.717, 1.165) is 22.6 Å². The van der Waals surface area contributed by atoms with Crippen molar-refractivity contribution in [2.24, 2.45) is 11.8 Å². The standard InChI is InChI=1S/C16H19N3O4S/c1-18-15(21)12-13(10-3-2-6-24-10)19(23-14(12)16(18)22)8-11(20)17-7-9-4-5-9/h2-3,6,9,12-14H,4-5,7-8H2,1H3,(H,17,20). The Kier molecular flexibility index (Phi) is 3.90. The highest BCUT2D eigenvalue weighted by molar-refractivity contribution is 7.10. The Bertz CT molecular complexity index is 673. The zero-order valence-electron chi connectivity index (χ0n) is 13.3. The molecule has 7 nitrogen and oxygen atoms in total. The Hall–Kier alpha value is -1.77. The Labute approximate surface area is 143 Å². The van der Waals surface area contributed by atoms with Gasteiger partial charge in [0.25, 0.3) is 5.91 Å². The number of imide groups is 1. The number of hydrogen-bond acceptors (Lipinski definition) is 6. The molecule has 1 aliphatic carbocycles. The van der Waals surface area contributed by atoms with Gasteiger partial charge in [0.05, 0.1) is 12.0 Å². The third-order valence-corrected chi connectivity index (χ3v) is 5.78. The molecule has 0 spiro atoms. The molecular formula is C16H19N3O4S. The van der Waals surface area contributed by atoms with E-state index in [-0.39, 0.29) is 24.3 Å². The zero-order chi connectivity index (χ0) is 16.8. The van der Waals surface area contributed by atoms with E-state index < -0.39 is 18.1 Å². The van der Waals surface area contributed by atoms with Crippen molar-refractivity contribution in [1.29, 1.82) is 0 Å². The van der Waals surface area contributed by atoms with Gasteiger partial charge in [-0.3, -0.25) is 24.1 Å². The summed E-state index contributed by atoms with van der Waals surface area (Å²) in [7, 11) is 1.48. The lowest BCUT2D eigenvalue weighted by Crippen LogP contribution is -2.40. The molecule has 0 aromatic carbocycles. The number of carbonyl (C=O) groups excluding carboxylic acids is 3. The molecule has 2 aliphatic heterocycles. The average Bonchev–Trinajstić information content (AvgIpc) is 3.03. The van der Waals surface area contributed by atoms with E-state index in [1.807, 2.05) is 17.5 Å². The van der Waals surface area contributed by atoms with Crippen LogP contribution in [0.2, 0.25) is 0 Å². The first-order valence-electron chi connectivity index (χ1n) is 8.11. The van der Waals surface area contributed by atoms with Crippen LogP contribution >= 0.6 is 11.3 Å². The number of fused-ring (bicyclic) bond motifs is 1. The van der Waals surface area contributed by atoms with E-state index in [2.05, 4.69) is 5.32 Å². The van der Waals surface area contributed by atoms with Crippen molar-refractivity contribution in [3.63, 3.8) is 0 Å². The second-order valence-electron chi connectivity index (χ2n) is 6.57. The van der Waals surface area contributed by atoms with E-state index in [1.54, 1.807) is 0 Å². The summed E-state index contributed by atoms with van der Waals surface area (Å²) in [5.41, 5.74) is 0.